The van der Waals surface area contributed by atoms with Gasteiger partial charge in [0, 0.05) is 50.1 Å². The van der Waals surface area contributed by atoms with E-state index in [1.165, 1.54) is 34.7 Å². The number of nitrogens with one attached hydrogen (secondary N) is 1. The number of rotatable bonds is 7. The Morgan fingerprint density at radius 3 is 2.19 bits per heavy atom. The van der Waals surface area contributed by atoms with Crippen molar-refractivity contribution in [2.24, 2.45) is 0 Å². The quantitative estimate of drug-likeness (QED) is 0.619. The summed E-state index contributed by atoms with van der Waals surface area (Å²) >= 11 is 0. The van der Waals surface area contributed by atoms with Crippen molar-refractivity contribution in [3.8, 4) is 0 Å². The molecule has 2 aliphatic rings. The number of halogens is 1. The predicted molar refractivity (Wildman–Crippen MR) is 138 cm³/mol. The summed E-state index contributed by atoms with van der Waals surface area (Å²) in [5, 5.41) is 2.90. The number of carbonyl (C=O) groups is 3. The maximum atomic E-state index is 13.7. The molecule has 0 radical (unpaired) electrons. The zero-order valence-electron chi connectivity index (χ0n) is 21.7. The Bertz CT molecular complexity index is 1110. The van der Waals surface area contributed by atoms with Gasteiger partial charge in [-0.2, -0.15) is 0 Å². The van der Waals surface area contributed by atoms with E-state index in [0.29, 0.717) is 44.6 Å². The van der Waals surface area contributed by atoms with Crippen LogP contribution in [0.1, 0.15) is 46.0 Å². The fourth-order valence-electron chi connectivity index (χ4n) is 4.94. The van der Waals surface area contributed by atoms with Crippen LogP contribution in [0, 0.1) is 5.82 Å². The molecule has 0 unspecified atom stereocenters. The molecule has 198 valence electrons. The second kappa shape index (κ2) is 11.4. The molecule has 1 spiro atoms. The molecule has 2 saturated heterocycles. The minimum absolute atomic E-state index is 0.0627. The first-order valence-electron chi connectivity index (χ1n) is 12.8. The van der Waals surface area contributed by atoms with Gasteiger partial charge in [-0.25, -0.2) is 4.39 Å². The summed E-state index contributed by atoms with van der Waals surface area (Å²) in [6, 6.07) is 12.1. The van der Waals surface area contributed by atoms with Gasteiger partial charge in [0.25, 0.3) is 11.8 Å². The van der Waals surface area contributed by atoms with Crippen molar-refractivity contribution in [2.75, 3.05) is 46.9 Å². The molecule has 9 heteroatoms. The van der Waals surface area contributed by atoms with Gasteiger partial charge in [0.2, 0.25) is 5.91 Å². The number of carbonyl (C=O) groups excluding carboxylic acids is 3. The average Bonchev–Trinajstić information content (AvgIpc) is 3.27. The van der Waals surface area contributed by atoms with E-state index in [0.717, 1.165) is 6.42 Å². The molecule has 2 aromatic carbocycles. The molecule has 2 fully saturated rings. The second-order valence-electron chi connectivity index (χ2n) is 9.89. The van der Waals surface area contributed by atoms with Crippen LogP contribution in [0.3, 0.4) is 0 Å². The molecule has 2 aliphatic heterocycles. The van der Waals surface area contributed by atoms with Gasteiger partial charge in [-0.1, -0.05) is 19.1 Å². The van der Waals surface area contributed by atoms with Crippen LogP contribution in [0.15, 0.2) is 48.5 Å². The first kappa shape index (κ1) is 26.8. The van der Waals surface area contributed by atoms with E-state index < -0.39 is 17.6 Å². The Morgan fingerprint density at radius 1 is 1.00 bits per heavy atom. The molecular weight excluding hydrogens is 475 g/mol. The fourth-order valence-corrected chi connectivity index (χ4v) is 4.94. The second-order valence-corrected chi connectivity index (χ2v) is 9.89. The van der Waals surface area contributed by atoms with Crippen LogP contribution < -0.4 is 5.32 Å². The van der Waals surface area contributed by atoms with Crippen LogP contribution >= 0.6 is 0 Å². The van der Waals surface area contributed by atoms with Crippen molar-refractivity contribution in [3.05, 3.63) is 71.0 Å². The van der Waals surface area contributed by atoms with Gasteiger partial charge in [-0.3, -0.25) is 19.3 Å². The summed E-state index contributed by atoms with van der Waals surface area (Å²) in [4.78, 5) is 45.2. The normalized spacial score (nSPS) is 18.9. The Balaban J connectivity index is 1.52. The van der Waals surface area contributed by atoms with Crippen LogP contribution in [0.2, 0.25) is 0 Å². The number of likely N-dealkylation sites (N-methyl/N-ethyl adjacent to an activating group) is 1. The number of amides is 3. The van der Waals surface area contributed by atoms with Gasteiger partial charge in [0.1, 0.15) is 17.6 Å². The van der Waals surface area contributed by atoms with Crippen molar-refractivity contribution in [1.82, 2.24) is 20.0 Å². The largest absolute Gasteiger partial charge is 0.353 e. The highest BCUT2D eigenvalue weighted by Crippen LogP contribution is 2.38. The molecule has 0 aromatic heterocycles. The Kier molecular flexibility index (Phi) is 8.24. The third-order valence-electron chi connectivity index (χ3n) is 7.17. The molecule has 2 aromatic rings. The number of benzene rings is 2. The van der Waals surface area contributed by atoms with E-state index >= 15 is 0 Å². The lowest BCUT2D eigenvalue weighted by molar-refractivity contribution is -0.128. The van der Waals surface area contributed by atoms with Gasteiger partial charge in [-0.05, 0) is 62.5 Å². The number of hydrogen-bond donors (Lipinski definition) is 1. The number of ether oxygens (including phenoxy) is 1. The molecule has 0 saturated carbocycles. The minimum atomic E-state index is -1.02. The lowest BCUT2D eigenvalue weighted by Crippen LogP contribution is -2.60. The molecule has 3 amide bonds. The van der Waals surface area contributed by atoms with E-state index in [1.54, 1.807) is 4.90 Å². The van der Waals surface area contributed by atoms with E-state index in [9.17, 15) is 18.8 Å². The highest BCUT2D eigenvalue weighted by molar-refractivity contribution is 5.98. The van der Waals surface area contributed by atoms with E-state index in [1.807, 2.05) is 43.3 Å². The van der Waals surface area contributed by atoms with Crippen molar-refractivity contribution in [1.29, 1.82) is 0 Å². The number of likely N-dealkylation sites (tertiary alicyclic amines) is 1. The molecule has 4 rings (SSSR count). The third kappa shape index (κ3) is 5.83. The summed E-state index contributed by atoms with van der Waals surface area (Å²) in [5.41, 5.74) is 1.06. The van der Waals surface area contributed by atoms with E-state index in [-0.39, 0.29) is 29.9 Å². The molecule has 0 bridgehead atoms. The minimum Gasteiger partial charge on any atom is -0.353 e. The Morgan fingerprint density at radius 2 is 1.59 bits per heavy atom. The van der Waals surface area contributed by atoms with Crippen molar-refractivity contribution in [3.63, 3.8) is 0 Å². The molecule has 1 N–H and O–H groups in total. The molecule has 2 heterocycles. The third-order valence-corrected chi connectivity index (χ3v) is 7.17. The molecule has 37 heavy (non-hydrogen) atoms. The van der Waals surface area contributed by atoms with Crippen LogP contribution in [-0.2, 0) is 16.0 Å². The Labute approximate surface area is 217 Å². The number of hydrogen-bond acceptors (Lipinski definition) is 5. The predicted octanol–water partition coefficient (Wildman–Crippen LogP) is 2.54. The summed E-state index contributed by atoms with van der Waals surface area (Å²) in [7, 11) is 3.83. The van der Waals surface area contributed by atoms with E-state index in [4.69, 9.17) is 4.74 Å². The molecule has 1 atom stereocenters. The standard InChI is InChI=1S/C28H35FN4O4/c1-4-20-5-7-21(8-6-20)26(35)32-16-13-28(14-17-32)33(27(36)22-9-11-23(29)12-10-22)24(19-37-28)25(34)30-15-18-31(2)3/h5-12,24H,4,13-19H2,1-3H3,(H,30,34)/t24-/m1/s1. The number of nitrogens with zero attached hydrogens (tertiary/aromatic N) is 3. The maximum absolute atomic E-state index is 13.7. The Hall–Kier alpha value is -3.30. The molecule has 0 aliphatic carbocycles. The zero-order valence-corrected chi connectivity index (χ0v) is 21.7. The monoisotopic (exact) mass is 510 g/mol. The lowest BCUT2D eigenvalue weighted by atomic mass is 9.96. The first-order chi connectivity index (χ1) is 17.7. The summed E-state index contributed by atoms with van der Waals surface area (Å²) in [6.07, 6.45) is 1.65. The van der Waals surface area contributed by atoms with Gasteiger partial charge in [0.15, 0.2) is 0 Å². The van der Waals surface area contributed by atoms with Crippen molar-refractivity contribution >= 4 is 17.7 Å². The molecule has 8 nitrogen and oxygen atoms in total. The van der Waals surface area contributed by atoms with Gasteiger partial charge >= 0.3 is 0 Å². The highest BCUT2D eigenvalue weighted by Gasteiger charge is 2.54. The molecular formula is C28H35FN4O4. The van der Waals surface area contributed by atoms with Crippen LogP contribution in [-0.4, -0.2) is 91.1 Å². The van der Waals surface area contributed by atoms with Crippen LogP contribution in [0.25, 0.3) is 0 Å². The number of aryl methyl sites for hydroxylation is 1. The summed E-state index contributed by atoms with van der Waals surface area (Å²) < 4.78 is 19.7. The van der Waals surface area contributed by atoms with Crippen LogP contribution in [0.5, 0.6) is 0 Å². The SMILES string of the molecule is CCc1ccc(C(=O)N2CCC3(CC2)OC[C@H](C(=O)NCCN(C)C)N3C(=O)c2ccc(F)cc2)cc1. The van der Waals surface area contributed by atoms with Gasteiger partial charge in [0.05, 0.1) is 6.61 Å². The zero-order chi connectivity index (χ0) is 26.6. The van der Waals surface area contributed by atoms with E-state index in [2.05, 4.69) is 12.2 Å². The highest BCUT2D eigenvalue weighted by atomic mass is 19.1. The first-order valence-corrected chi connectivity index (χ1v) is 12.8. The number of piperidine rings is 1. The van der Waals surface area contributed by atoms with Gasteiger partial charge in [-0.15, -0.1) is 0 Å². The average molecular weight is 511 g/mol. The summed E-state index contributed by atoms with van der Waals surface area (Å²) in [5.74, 6) is -1.19. The topological polar surface area (TPSA) is 82.2 Å². The fraction of sp³-hybridized carbons (Fsp3) is 0.464. The maximum Gasteiger partial charge on any atom is 0.256 e. The summed E-state index contributed by atoms with van der Waals surface area (Å²) in [6.45, 7) is 4.00. The smallest absolute Gasteiger partial charge is 0.256 e. The van der Waals surface area contributed by atoms with Gasteiger partial charge < -0.3 is 19.9 Å². The van der Waals surface area contributed by atoms with Crippen LogP contribution in [0.4, 0.5) is 4.39 Å². The van der Waals surface area contributed by atoms with Crippen molar-refractivity contribution in [2.45, 2.75) is 38.0 Å². The lowest BCUT2D eigenvalue weighted by Gasteiger charge is -2.44. The van der Waals surface area contributed by atoms with Crippen molar-refractivity contribution < 1.29 is 23.5 Å².